The van der Waals surface area contributed by atoms with Gasteiger partial charge in [0.1, 0.15) is 6.04 Å². The summed E-state index contributed by atoms with van der Waals surface area (Å²) in [4.78, 5) is 12.8. The highest BCUT2D eigenvalue weighted by Gasteiger charge is 2.36. The van der Waals surface area contributed by atoms with Crippen LogP contribution in [0, 0.1) is 0 Å². The van der Waals surface area contributed by atoms with Crippen LogP contribution in [0.25, 0.3) is 0 Å². The number of amides is 1. The molecule has 1 amide bonds. The van der Waals surface area contributed by atoms with E-state index >= 15 is 0 Å². The van der Waals surface area contributed by atoms with Crippen molar-refractivity contribution < 1.29 is 17.9 Å². The van der Waals surface area contributed by atoms with Crippen LogP contribution >= 0.6 is 11.6 Å². The number of nitrogens with one attached hydrogen (secondary N) is 1. The summed E-state index contributed by atoms with van der Waals surface area (Å²) in [5.41, 5.74) is 1.10. The molecule has 168 valence electrons. The predicted octanol–water partition coefficient (Wildman–Crippen LogP) is 4.00. The van der Waals surface area contributed by atoms with Crippen LogP contribution in [0.2, 0.25) is 5.02 Å². The molecule has 6 nitrogen and oxygen atoms in total. The van der Waals surface area contributed by atoms with Crippen molar-refractivity contribution >= 4 is 27.5 Å². The minimum Gasteiger partial charge on any atom is -0.377 e. The summed E-state index contributed by atoms with van der Waals surface area (Å²) in [6, 6.07) is 15.3. The van der Waals surface area contributed by atoms with Crippen molar-refractivity contribution in [2.75, 3.05) is 19.7 Å². The number of halogens is 1. The minimum absolute atomic E-state index is 0.147. The monoisotopic (exact) mass is 464 g/mol. The zero-order valence-corrected chi connectivity index (χ0v) is 19.1. The summed E-state index contributed by atoms with van der Waals surface area (Å²) in [7, 11) is -3.83. The molecule has 1 unspecified atom stereocenters. The standard InChI is InChI=1S/C23H29ClN2O4S/c24-20-11-13-21(14-12-20)31(28,29)26(22-10-4-5-15-25-23(22)27)16-6-7-17-30-18-19-8-2-1-3-9-19/h1-3,8-9,11-14,22H,4-7,10,15-18H2,(H,25,27). The number of rotatable bonds is 10. The van der Waals surface area contributed by atoms with Gasteiger partial charge in [-0.25, -0.2) is 8.42 Å². The molecule has 1 heterocycles. The van der Waals surface area contributed by atoms with E-state index in [1.807, 2.05) is 30.3 Å². The smallest absolute Gasteiger partial charge is 0.243 e. The van der Waals surface area contributed by atoms with Crippen LogP contribution < -0.4 is 5.32 Å². The SMILES string of the molecule is O=C1NCCCCC1N(CCCCOCc1ccccc1)S(=O)(=O)c1ccc(Cl)cc1. The second-order valence-corrected chi connectivity index (χ2v) is 9.94. The van der Waals surface area contributed by atoms with Gasteiger partial charge in [-0.3, -0.25) is 4.79 Å². The molecule has 2 aromatic carbocycles. The number of nitrogens with zero attached hydrogens (tertiary/aromatic N) is 1. The fourth-order valence-electron chi connectivity index (χ4n) is 3.62. The van der Waals surface area contributed by atoms with Crippen LogP contribution in [0.4, 0.5) is 0 Å². The number of hydrogen-bond acceptors (Lipinski definition) is 4. The van der Waals surface area contributed by atoms with Gasteiger partial charge < -0.3 is 10.1 Å². The third-order valence-corrected chi connectivity index (χ3v) is 7.48. The van der Waals surface area contributed by atoms with E-state index in [-0.39, 0.29) is 17.3 Å². The first-order valence-electron chi connectivity index (χ1n) is 10.7. The zero-order valence-electron chi connectivity index (χ0n) is 17.5. The fraction of sp³-hybridized carbons (Fsp3) is 0.435. The Kier molecular flexibility index (Phi) is 8.90. The maximum absolute atomic E-state index is 13.4. The number of benzene rings is 2. The van der Waals surface area contributed by atoms with Crippen molar-refractivity contribution in [2.45, 2.75) is 49.6 Å². The van der Waals surface area contributed by atoms with Gasteiger partial charge >= 0.3 is 0 Å². The molecule has 2 aromatic rings. The molecule has 0 radical (unpaired) electrons. The number of hydrogen-bond donors (Lipinski definition) is 1. The van der Waals surface area contributed by atoms with E-state index < -0.39 is 16.1 Å². The van der Waals surface area contributed by atoms with Gasteiger partial charge in [0.25, 0.3) is 0 Å². The first-order valence-corrected chi connectivity index (χ1v) is 12.5. The van der Waals surface area contributed by atoms with Gasteiger partial charge in [-0.15, -0.1) is 0 Å². The molecule has 1 aliphatic rings. The number of carbonyl (C=O) groups is 1. The maximum Gasteiger partial charge on any atom is 0.243 e. The molecule has 31 heavy (non-hydrogen) atoms. The molecule has 0 spiro atoms. The number of carbonyl (C=O) groups excluding carboxylic acids is 1. The van der Waals surface area contributed by atoms with E-state index in [4.69, 9.17) is 16.3 Å². The molecule has 0 aromatic heterocycles. The third kappa shape index (κ3) is 6.77. The maximum atomic E-state index is 13.4. The van der Waals surface area contributed by atoms with Crippen molar-refractivity contribution in [1.82, 2.24) is 9.62 Å². The van der Waals surface area contributed by atoms with Crippen LogP contribution in [0.3, 0.4) is 0 Å². The summed E-state index contributed by atoms with van der Waals surface area (Å²) in [5.74, 6) is -0.227. The quantitative estimate of drug-likeness (QED) is 0.539. The van der Waals surface area contributed by atoms with Gasteiger partial charge in [0.05, 0.1) is 11.5 Å². The van der Waals surface area contributed by atoms with Crippen molar-refractivity contribution in [3.63, 3.8) is 0 Å². The highest BCUT2D eigenvalue weighted by Crippen LogP contribution is 2.24. The van der Waals surface area contributed by atoms with E-state index in [9.17, 15) is 13.2 Å². The van der Waals surface area contributed by atoms with Gasteiger partial charge in [-0.2, -0.15) is 4.31 Å². The molecular formula is C23H29ClN2O4S. The Hall–Kier alpha value is -1.93. The molecule has 0 saturated carbocycles. The molecule has 3 rings (SSSR count). The van der Waals surface area contributed by atoms with Gasteiger partial charge in [0, 0.05) is 24.7 Å². The topological polar surface area (TPSA) is 75.7 Å². The first-order chi connectivity index (χ1) is 15.0. The van der Waals surface area contributed by atoms with Crippen LogP contribution in [0.15, 0.2) is 59.5 Å². The van der Waals surface area contributed by atoms with Gasteiger partial charge in [0.15, 0.2) is 0 Å². The van der Waals surface area contributed by atoms with Gasteiger partial charge in [-0.1, -0.05) is 41.9 Å². The molecule has 0 aliphatic carbocycles. The van der Waals surface area contributed by atoms with Crippen LogP contribution in [0.1, 0.15) is 37.7 Å². The molecule has 1 N–H and O–H groups in total. The number of ether oxygens (including phenoxy) is 1. The zero-order chi connectivity index (χ0) is 22.1. The van der Waals surface area contributed by atoms with E-state index in [1.54, 1.807) is 12.1 Å². The predicted molar refractivity (Wildman–Crippen MR) is 121 cm³/mol. The van der Waals surface area contributed by atoms with E-state index in [2.05, 4.69) is 5.32 Å². The lowest BCUT2D eigenvalue weighted by Gasteiger charge is -2.29. The molecule has 1 aliphatic heterocycles. The normalized spacial score (nSPS) is 17.4. The van der Waals surface area contributed by atoms with Gasteiger partial charge in [0.2, 0.25) is 15.9 Å². The third-order valence-electron chi connectivity index (χ3n) is 5.30. The molecule has 1 atom stereocenters. The number of unbranched alkanes of at least 4 members (excludes halogenated alkanes) is 1. The minimum atomic E-state index is -3.83. The van der Waals surface area contributed by atoms with Crippen molar-refractivity contribution in [3.05, 3.63) is 65.2 Å². The Morgan fingerprint density at radius 1 is 1.03 bits per heavy atom. The molecule has 1 fully saturated rings. The lowest BCUT2D eigenvalue weighted by molar-refractivity contribution is -0.124. The molecule has 8 heteroatoms. The Bertz CT molecular complexity index is 936. The average Bonchev–Trinajstić information content (AvgIpc) is 2.98. The lowest BCUT2D eigenvalue weighted by Crippen LogP contribution is -2.49. The van der Waals surface area contributed by atoms with Crippen molar-refractivity contribution in [3.8, 4) is 0 Å². The fourth-order valence-corrected chi connectivity index (χ4v) is 5.40. The molecular weight excluding hydrogens is 436 g/mol. The highest BCUT2D eigenvalue weighted by atomic mass is 35.5. The average molecular weight is 465 g/mol. The van der Waals surface area contributed by atoms with Gasteiger partial charge in [-0.05, 0) is 61.9 Å². The second-order valence-electron chi connectivity index (χ2n) is 7.62. The first kappa shape index (κ1) is 23.7. The summed E-state index contributed by atoms with van der Waals surface area (Å²) in [6.07, 6.45) is 3.48. The Morgan fingerprint density at radius 3 is 2.52 bits per heavy atom. The summed E-state index contributed by atoms with van der Waals surface area (Å²) < 4.78 is 33.8. The van der Waals surface area contributed by atoms with Crippen molar-refractivity contribution in [1.29, 1.82) is 0 Å². The van der Waals surface area contributed by atoms with Crippen molar-refractivity contribution in [2.24, 2.45) is 0 Å². The Labute approximate surface area is 189 Å². The van der Waals surface area contributed by atoms with Crippen LogP contribution in [-0.4, -0.2) is 44.4 Å². The highest BCUT2D eigenvalue weighted by molar-refractivity contribution is 7.89. The second kappa shape index (κ2) is 11.6. The van der Waals surface area contributed by atoms with Crippen LogP contribution in [0.5, 0.6) is 0 Å². The molecule has 1 saturated heterocycles. The van der Waals surface area contributed by atoms with E-state index in [1.165, 1.54) is 16.4 Å². The van der Waals surface area contributed by atoms with Crippen LogP contribution in [-0.2, 0) is 26.2 Å². The van der Waals surface area contributed by atoms with E-state index in [0.29, 0.717) is 44.0 Å². The molecule has 0 bridgehead atoms. The lowest BCUT2D eigenvalue weighted by atomic mass is 10.1. The summed E-state index contributed by atoms with van der Waals surface area (Å²) >= 11 is 5.92. The summed E-state index contributed by atoms with van der Waals surface area (Å²) in [6.45, 7) is 1.90. The largest absolute Gasteiger partial charge is 0.377 e. The Morgan fingerprint density at radius 2 is 1.77 bits per heavy atom. The Balaban J connectivity index is 1.64. The number of sulfonamides is 1. The summed E-state index contributed by atoms with van der Waals surface area (Å²) in [5, 5.41) is 3.31. The van der Waals surface area contributed by atoms with E-state index in [0.717, 1.165) is 18.4 Å².